The Hall–Kier alpha value is -2.39. The Morgan fingerprint density at radius 2 is 1.81 bits per heavy atom. The topological polar surface area (TPSA) is 49.2 Å². The van der Waals surface area contributed by atoms with Gasteiger partial charge in [0.2, 0.25) is 5.82 Å². The molecule has 0 aliphatic rings. The number of nitrogens with zero attached hydrogens (tertiary/aromatic N) is 3. The number of rotatable bonds is 6. The molecule has 0 saturated heterocycles. The third kappa shape index (κ3) is 4.14. The first-order valence-corrected chi connectivity index (χ1v) is 8.97. The van der Waals surface area contributed by atoms with Crippen molar-refractivity contribution in [3.63, 3.8) is 0 Å². The maximum atomic E-state index is 13.6. The van der Waals surface area contributed by atoms with Crippen LogP contribution < -0.4 is 4.74 Å². The summed E-state index contributed by atoms with van der Waals surface area (Å²) in [5.74, 6) is -1.17. The Bertz CT molecular complexity index is 914. The van der Waals surface area contributed by atoms with Crippen molar-refractivity contribution in [2.45, 2.75) is 11.5 Å². The Kier molecular flexibility index (Phi) is 5.81. The van der Waals surface area contributed by atoms with Gasteiger partial charge in [0.25, 0.3) is 0 Å². The summed E-state index contributed by atoms with van der Waals surface area (Å²) in [6.07, 6.45) is -4.71. The number of halogens is 4. The van der Waals surface area contributed by atoms with Crippen molar-refractivity contribution in [2.75, 3.05) is 13.9 Å². The predicted molar refractivity (Wildman–Crippen MR) is 96.9 cm³/mol. The van der Waals surface area contributed by atoms with E-state index in [2.05, 4.69) is 26.1 Å². The van der Waals surface area contributed by atoms with Crippen molar-refractivity contribution in [1.82, 2.24) is 14.8 Å². The number of hydrogen-bond donors (Lipinski definition) is 0. The largest absolute Gasteiger partial charge is 0.452 e. The second-order valence-electron chi connectivity index (χ2n) is 5.54. The lowest BCUT2D eigenvalue weighted by Gasteiger charge is -2.17. The molecule has 0 radical (unpaired) electrons. The highest BCUT2D eigenvalue weighted by atomic mass is 79.9. The van der Waals surface area contributed by atoms with E-state index in [0.29, 0.717) is 10.9 Å². The van der Waals surface area contributed by atoms with Gasteiger partial charge in [-0.15, -0.1) is 5.10 Å². The van der Waals surface area contributed by atoms with Crippen molar-refractivity contribution in [2.24, 2.45) is 0 Å². The third-order valence-electron chi connectivity index (χ3n) is 3.73. The molecule has 2 aromatic carbocycles. The van der Waals surface area contributed by atoms with E-state index < -0.39 is 12.0 Å². The second-order valence-corrected chi connectivity index (χ2v) is 6.10. The Labute approximate surface area is 161 Å². The van der Waals surface area contributed by atoms with E-state index in [4.69, 9.17) is 9.47 Å². The van der Waals surface area contributed by atoms with E-state index in [1.165, 1.54) is 7.11 Å². The van der Waals surface area contributed by atoms with Gasteiger partial charge in [-0.25, -0.2) is 4.57 Å². The van der Waals surface area contributed by atoms with Gasteiger partial charge in [-0.2, -0.15) is 13.2 Å². The molecule has 0 atom stereocenters. The molecule has 0 N–H and O–H groups in total. The van der Waals surface area contributed by atoms with Crippen LogP contribution >= 0.6 is 15.9 Å². The van der Waals surface area contributed by atoms with Crippen molar-refractivity contribution >= 4 is 15.9 Å². The molecule has 0 aliphatic carbocycles. The molecule has 0 spiro atoms. The molecule has 0 bridgehead atoms. The van der Waals surface area contributed by atoms with Crippen LogP contribution in [0.5, 0.6) is 6.01 Å². The van der Waals surface area contributed by atoms with Crippen LogP contribution in [0, 0.1) is 0 Å². The summed E-state index contributed by atoms with van der Waals surface area (Å²) < 4.78 is 51.6. The van der Waals surface area contributed by atoms with Gasteiger partial charge < -0.3 is 9.47 Å². The lowest BCUT2D eigenvalue weighted by Crippen LogP contribution is -2.16. The fourth-order valence-electron chi connectivity index (χ4n) is 2.58. The summed E-state index contributed by atoms with van der Waals surface area (Å²) in [5, 5.41) is 7.35. The number of ether oxygens (including phenoxy) is 2. The average Bonchev–Trinajstić information content (AvgIpc) is 3.10. The molecule has 0 saturated carbocycles. The van der Waals surface area contributed by atoms with Gasteiger partial charge in [0.05, 0.1) is 5.69 Å². The molecular formula is C18H15BrF3N3O2. The summed E-state index contributed by atoms with van der Waals surface area (Å²) in [5.41, 5.74) is 2.41. The van der Waals surface area contributed by atoms with E-state index in [0.717, 1.165) is 15.7 Å². The van der Waals surface area contributed by atoms with E-state index >= 15 is 0 Å². The van der Waals surface area contributed by atoms with Crippen LogP contribution in [0.15, 0.2) is 48.5 Å². The zero-order chi connectivity index (χ0) is 19.4. The van der Waals surface area contributed by atoms with Crippen molar-refractivity contribution in [3.05, 3.63) is 59.9 Å². The van der Waals surface area contributed by atoms with Gasteiger partial charge in [-0.1, -0.05) is 63.5 Å². The van der Waals surface area contributed by atoms with Crippen LogP contribution in [-0.4, -0.2) is 28.7 Å². The molecule has 1 aromatic heterocycles. The number of aromatic nitrogens is 3. The maximum Gasteiger partial charge on any atom is 0.452 e. The van der Waals surface area contributed by atoms with E-state index in [-0.39, 0.29) is 18.5 Å². The molecule has 5 nitrogen and oxygen atoms in total. The second kappa shape index (κ2) is 8.10. The van der Waals surface area contributed by atoms with Crippen molar-refractivity contribution in [3.8, 4) is 22.8 Å². The summed E-state index contributed by atoms with van der Waals surface area (Å²) in [4.78, 5) is 0. The zero-order valence-electron chi connectivity index (χ0n) is 14.2. The van der Waals surface area contributed by atoms with E-state index in [1.54, 1.807) is 12.1 Å². The average molecular weight is 442 g/mol. The fraction of sp³-hybridized carbons (Fsp3) is 0.222. The minimum atomic E-state index is -4.71. The number of hydrogen-bond acceptors (Lipinski definition) is 4. The summed E-state index contributed by atoms with van der Waals surface area (Å²) in [6.45, 7) is -0.255. The van der Waals surface area contributed by atoms with E-state index in [9.17, 15) is 13.2 Å². The van der Waals surface area contributed by atoms with Gasteiger partial charge in [-0.05, 0) is 17.2 Å². The maximum absolute atomic E-state index is 13.6. The van der Waals surface area contributed by atoms with Crippen molar-refractivity contribution < 1.29 is 22.6 Å². The molecular weight excluding hydrogens is 427 g/mol. The van der Waals surface area contributed by atoms with Gasteiger partial charge in [0.1, 0.15) is 0 Å². The van der Waals surface area contributed by atoms with Crippen LogP contribution in [0.1, 0.15) is 11.4 Å². The monoisotopic (exact) mass is 441 g/mol. The first kappa shape index (κ1) is 19.4. The van der Waals surface area contributed by atoms with E-state index in [1.807, 2.05) is 36.4 Å². The zero-order valence-corrected chi connectivity index (χ0v) is 15.8. The Balaban J connectivity index is 2.27. The van der Waals surface area contributed by atoms with Crippen LogP contribution in [0.2, 0.25) is 0 Å². The molecule has 142 valence electrons. The number of methoxy groups -OCH3 is 1. The minimum absolute atomic E-state index is 0.255. The molecule has 1 heterocycles. The lowest BCUT2D eigenvalue weighted by molar-refractivity contribution is -0.146. The molecule has 0 unspecified atom stereocenters. The first-order valence-electron chi connectivity index (χ1n) is 7.84. The molecule has 9 heteroatoms. The van der Waals surface area contributed by atoms with Gasteiger partial charge in [0.15, 0.2) is 6.79 Å². The van der Waals surface area contributed by atoms with Gasteiger partial charge >= 0.3 is 12.2 Å². The predicted octanol–water partition coefficient (Wildman–Crippen LogP) is 4.83. The van der Waals surface area contributed by atoms with Crippen LogP contribution in [0.25, 0.3) is 16.8 Å². The van der Waals surface area contributed by atoms with Gasteiger partial charge in [0, 0.05) is 18.0 Å². The molecule has 0 fully saturated rings. The third-order valence-corrected chi connectivity index (χ3v) is 4.38. The molecule has 0 amide bonds. The number of alkyl halides is 4. The molecule has 0 aliphatic heterocycles. The minimum Gasteiger partial charge on any atom is -0.436 e. The summed E-state index contributed by atoms with van der Waals surface area (Å²) in [7, 11) is 1.37. The van der Waals surface area contributed by atoms with Gasteiger partial charge in [-0.3, -0.25) is 0 Å². The summed E-state index contributed by atoms with van der Waals surface area (Å²) in [6, 6.07) is 14.1. The summed E-state index contributed by atoms with van der Waals surface area (Å²) >= 11 is 3.34. The van der Waals surface area contributed by atoms with Crippen LogP contribution in [0.4, 0.5) is 13.2 Å². The molecule has 27 heavy (non-hydrogen) atoms. The quantitative estimate of drug-likeness (QED) is 0.406. The number of benzene rings is 2. The molecule has 3 aromatic rings. The Morgan fingerprint density at radius 3 is 2.44 bits per heavy atom. The molecule has 3 rings (SSSR count). The Morgan fingerprint density at radius 1 is 1.07 bits per heavy atom. The smallest absolute Gasteiger partial charge is 0.436 e. The van der Waals surface area contributed by atoms with Crippen LogP contribution in [-0.2, 0) is 16.2 Å². The van der Waals surface area contributed by atoms with Crippen molar-refractivity contribution in [1.29, 1.82) is 0 Å². The highest BCUT2D eigenvalue weighted by molar-refractivity contribution is 9.08. The normalized spacial score (nSPS) is 11.6. The lowest BCUT2D eigenvalue weighted by atomic mass is 10.0. The standard InChI is InChI=1S/C18H15BrF3N3O2/c1-26-11-27-17-24-23-16(18(20,21)22)25(17)15-9-12(10-19)7-8-14(15)13-5-3-2-4-6-13/h2-9H,10-11H2,1H3. The highest BCUT2D eigenvalue weighted by Gasteiger charge is 2.40. The SMILES string of the molecule is COCOc1nnc(C(F)(F)F)n1-c1cc(CBr)ccc1-c1ccccc1. The van der Waals surface area contributed by atoms with Crippen LogP contribution in [0.3, 0.4) is 0 Å². The fourth-order valence-corrected chi connectivity index (χ4v) is 2.93. The first-order chi connectivity index (χ1) is 13.0. The highest BCUT2D eigenvalue weighted by Crippen LogP contribution is 2.36.